The van der Waals surface area contributed by atoms with Crippen LogP contribution in [0.5, 0.6) is 0 Å². The van der Waals surface area contributed by atoms with Crippen LogP contribution in [-0.2, 0) is 17.6 Å². The van der Waals surface area contributed by atoms with E-state index in [1.807, 2.05) is 6.07 Å². The summed E-state index contributed by atoms with van der Waals surface area (Å²) in [4.78, 5) is 28.8. The molecule has 23 heavy (non-hydrogen) atoms. The molecule has 0 spiro atoms. The summed E-state index contributed by atoms with van der Waals surface area (Å²) in [6.45, 7) is 3.59. The van der Waals surface area contributed by atoms with E-state index in [0.29, 0.717) is 13.1 Å². The topological polar surface area (TPSA) is 64.1 Å². The molecule has 2 amide bonds. The molecule has 1 N–H and O–H groups in total. The van der Waals surface area contributed by atoms with Crippen LogP contribution < -0.4 is 4.90 Å². The van der Waals surface area contributed by atoms with E-state index in [0.717, 1.165) is 31.6 Å². The van der Waals surface area contributed by atoms with E-state index in [1.165, 1.54) is 11.1 Å². The molecule has 0 unspecified atom stereocenters. The zero-order valence-electron chi connectivity index (χ0n) is 13.5. The van der Waals surface area contributed by atoms with Gasteiger partial charge in [-0.2, -0.15) is 0 Å². The van der Waals surface area contributed by atoms with Crippen LogP contribution in [0, 0.1) is 0 Å². The van der Waals surface area contributed by atoms with Gasteiger partial charge in [-0.1, -0.05) is 6.07 Å². The average Bonchev–Trinajstić information content (AvgIpc) is 2.79. The van der Waals surface area contributed by atoms with E-state index < -0.39 is 5.97 Å². The highest BCUT2D eigenvalue weighted by Crippen LogP contribution is 2.25. The molecule has 6 heteroatoms. The van der Waals surface area contributed by atoms with Gasteiger partial charge < -0.3 is 14.9 Å². The van der Waals surface area contributed by atoms with E-state index in [1.54, 1.807) is 9.80 Å². The molecule has 0 atom stereocenters. The normalized spacial score (nSPS) is 18.9. The predicted molar refractivity (Wildman–Crippen MR) is 87.9 cm³/mol. The molecule has 2 aliphatic rings. The van der Waals surface area contributed by atoms with Gasteiger partial charge in [-0.3, -0.25) is 9.69 Å². The van der Waals surface area contributed by atoms with Gasteiger partial charge in [0, 0.05) is 38.4 Å². The summed E-state index contributed by atoms with van der Waals surface area (Å²) < 4.78 is 0. The molecule has 0 bridgehead atoms. The van der Waals surface area contributed by atoms with Gasteiger partial charge in [0.1, 0.15) is 0 Å². The lowest BCUT2D eigenvalue weighted by molar-refractivity contribution is -0.137. The largest absolute Gasteiger partial charge is 0.481 e. The summed E-state index contributed by atoms with van der Waals surface area (Å²) in [5.41, 5.74) is 3.62. The van der Waals surface area contributed by atoms with E-state index in [2.05, 4.69) is 24.1 Å². The number of likely N-dealkylation sites (N-methyl/N-ethyl adjacent to an activating group) is 1. The lowest BCUT2D eigenvalue weighted by Gasteiger charge is -2.19. The minimum Gasteiger partial charge on any atom is -0.481 e. The zero-order valence-corrected chi connectivity index (χ0v) is 13.5. The summed E-state index contributed by atoms with van der Waals surface area (Å²) in [6.07, 6.45) is 2.05. The zero-order chi connectivity index (χ0) is 16.4. The van der Waals surface area contributed by atoms with Crippen molar-refractivity contribution in [2.45, 2.75) is 19.3 Å². The minimum atomic E-state index is -0.870. The second-order valence-electron chi connectivity index (χ2n) is 6.32. The maximum atomic E-state index is 12.5. The number of carboxylic acid groups (broad SMARTS) is 1. The number of nitrogens with zero attached hydrogens (tertiary/aromatic N) is 3. The van der Waals surface area contributed by atoms with Crippen molar-refractivity contribution in [3.63, 3.8) is 0 Å². The van der Waals surface area contributed by atoms with Gasteiger partial charge in [-0.15, -0.1) is 0 Å². The van der Waals surface area contributed by atoms with Crippen LogP contribution >= 0.6 is 0 Å². The van der Waals surface area contributed by atoms with Crippen molar-refractivity contribution in [1.82, 2.24) is 9.80 Å². The van der Waals surface area contributed by atoms with Crippen molar-refractivity contribution in [3.05, 3.63) is 29.3 Å². The molecular weight excluding hydrogens is 294 g/mol. The fourth-order valence-electron chi connectivity index (χ4n) is 3.25. The Balaban J connectivity index is 1.73. The number of rotatable bonds is 4. The molecule has 2 aliphatic heterocycles. The lowest BCUT2D eigenvalue weighted by atomic mass is 10.0. The summed E-state index contributed by atoms with van der Waals surface area (Å²) in [7, 11) is 2.14. The number of carbonyl (C=O) groups excluding carboxylic acids is 1. The summed E-state index contributed by atoms with van der Waals surface area (Å²) in [5, 5.41) is 8.77. The third kappa shape index (κ3) is 3.47. The van der Waals surface area contributed by atoms with Crippen molar-refractivity contribution in [1.29, 1.82) is 0 Å². The molecule has 0 aliphatic carbocycles. The number of urea groups is 1. The smallest absolute Gasteiger partial charge is 0.324 e. The molecular formula is C17H23N3O3. The molecule has 1 saturated heterocycles. The number of carboxylic acids is 1. The third-order valence-corrected chi connectivity index (χ3v) is 4.72. The van der Waals surface area contributed by atoms with Crippen LogP contribution in [0.3, 0.4) is 0 Å². The maximum Gasteiger partial charge on any atom is 0.324 e. The lowest BCUT2D eigenvalue weighted by Crippen LogP contribution is -2.33. The van der Waals surface area contributed by atoms with Crippen molar-refractivity contribution < 1.29 is 14.7 Å². The SMILES string of the molecule is CN1CCc2ccc(N3CCN(CCC(=O)O)C3=O)cc2CC1. The van der Waals surface area contributed by atoms with Crippen LogP contribution in [0.1, 0.15) is 17.5 Å². The molecule has 1 aromatic carbocycles. The van der Waals surface area contributed by atoms with E-state index in [-0.39, 0.29) is 19.0 Å². The van der Waals surface area contributed by atoms with Crippen LogP contribution in [-0.4, -0.2) is 66.7 Å². The summed E-state index contributed by atoms with van der Waals surface area (Å²) in [5.74, 6) is -0.870. The van der Waals surface area contributed by atoms with Gasteiger partial charge in [0.05, 0.1) is 6.42 Å². The number of aliphatic carboxylic acids is 1. The quantitative estimate of drug-likeness (QED) is 0.912. The first-order valence-corrected chi connectivity index (χ1v) is 8.13. The molecule has 0 radical (unpaired) electrons. The summed E-state index contributed by atoms with van der Waals surface area (Å²) >= 11 is 0. The van der Waals surface area contributed by atoms with Crippen molar-refractivity contribution >= 4 is 17.7 Å². The third-order valence-electron chi connectivity index (χ3n) is 4.72. The molecule has 0 aromatic heterocycles. The Morgan fingerprint density at radius 2 is 1.87 bits per heavy atom. The fourth-order valence-corrected chi connectivity index (χ4v) is 3.25. The molecule has 6 nitrogen and oxygen atoms in total. The number of carbonyl (C=O) groups is 2. The Kier molecular flexibility index (Phi) is 4.52. The monoisotopic (exact) mass is 317 g/mol. The molecule has 2 heterocycles. The summed E-state index contributed by atoms with van der Waals surface area (Å²) in [6, 6.07) is 6.20. The first-order chi connectivity index (χ1) is 11.0. The van der Waals surface area contributed by atoms with E-state index in [9.17, 15) is 9.59 Å². The Bertz CT molecular complexity index is 617. The second kappa shape index (κ2) is 6.58. The first-order valence-electron chi connectivity index (χ1n) is 8.13. The second-order valence-corrected chi connectivity index (χ2v) is 6.32. The maximum absolute atomic E-state index is 12.5. The van der Waals surface area contributed by atoms with Crippen LogP contribution in [0.4, 0.5) is 10.5 Å². The molecule has 0 saturated carbocycles. The number of benzene rings is 1. The average molecular weight is 317 g/mol. The van der Waals surface area contributed by atoms with Crippen LogP contribution in [0.15, 0.2) is 18.2 Å². The Morgan fingerprint density at radius 3 is 2.61 bits per heavy atom. The van der Waals surface area contributed by atoms with Crippen molar-refractivity contribution in [2.75, 3.05) is 44.7 Å². The number of fused-ring (bicyclic) bond motifs is 1. The standard InChI is InChI=1S/C17H23N3O3/c1-18-7-4-13-2-3-15(12-14(13)5-8-18)20-11-10-19(17(20)23)9-6-16(21)22/h2-3,12H,4-11H2,1H3,(H,21,22). The van der Waals surface area contributed by atoms with Crippen LogP contribution in [0.2, 0.25) is 0 Å². The van der Waals surface area contributed by atoms with Crippen molar-refractivity contribution in [3.8, 4) is 0 Å². The van der Waals surface area contributed by atoms with Gasteiger partial charge in [-0.25, -0.2) is 4.79 Å². The fraction of sp³-hybridized carbons (Fsp3) is 0.529. The van der Waals surface area contributed by atoms with E-state index in [4.69, 9.17) is 5.11 Å². The molecule has 1 fully saturated rings. The number of amides is 2. The van der Waals surface area contributed by atoms with Gasteiger partial charge in [-0.05, 0) is 43.1 Å². The van der Waals surface area contributed by atoms with Gasteiger partial charge >= 0.3 is 12.0 Å². The van der Waals surface area contributed by atoms with Gasteiger partial charge in [0.2, 0.25) is 0 Å². The first kappa shape index (κ1) is 15.8. The molecule has 124 valence electrons. The Morgan fingerprint density at radius 1 is 1.13 bits per heavy atom. The number of hydrogen-bond acceptors (Lipinski definition) is 3. The van der Waals surface area contributed by atoms with Crippen molar-refractivity contribution in [2.24, 2.45) is 0 Å². The highest BCUT2D eigenvalue weighted by molar-refractivity contribution is 5.94. The Labute approximate surface area is 136 Å². The highest BCUT2D eigenvalue weighted by Gasteiger charge is 2.30. The highest BCUT2D eigenvalue weighted by atomic mass is 16.4. The number of hydrogen-bond donors (Lipinski definition) is 1. The van der Waals surface area contributed by atoms with Gasteiger partial charge in [0.15, 0.2) is 0 Å². The minimum absolute atomic E-state index is 0.00387. The molecule has 3 rings (SSSR count). The van der Waals surface area contributed by atoms with Gasteiger partial charge in [0.25, 0.3) is 0 Å². The van der Waals surface area contributed by atoms with Crippen LogP contribution in [0.25, 0.3) is 0 Å². The Hall–Kier alpha value is -2.08. The van der Waals surface area contributed by atoms with E-state index >= 15 is 0 Å². The molecule has 1 aromatic rings. The predicted octanol–water partition coefficient (Wildman–Crippen LogP) is 1.43. The number of anilines is 1.